The largest absolute Gasteiger partial charge is 0.488 e. The van der Waals surface area contributed by atoms with Crippen LogP contribution in [-0.2, 0) is 56.2 Å². The van der Waals surface area contributed by atoms with Gasteiger partial charge < -0.3 is 28.7 Å². The average molecular weight is 1940 g/mol. The first kappa shape index (κ1) is 100. The fourth-order valence-corrected chi connectivity index (χ4v) is 24.1. The first-order valence-electron chi connectivity index (χ1n) is 42.5. The summed E-state index contributed by atoms with van der Waals surface area (Å²) >= 11 is 3.28. The molecule has 0 aliphatic heterocycles. The number of ether oxygens (including phenoxy) is 2. The minimum atomic E-state index is -1.35. The molecular formula is C108H112BBrN6O4P4PdSi2. The van der Waals surface area contributed by atoms with Crippen LogP contribution in [0, 0.1) is 22.7 Å². The molecule has 0 aliphatic carbocycles. The third-order valence-corrected chi connectivity index (χ3v) is 33.5. The minimum Gasteiger partial charge on any atom is -0.423 e. The Labute approximate surface area is 783 Å². The number of nitrogens with zero attached hydrogens (tertiary/aromatic N) is 6. The van der Waals surface area contributed by atoms with Gasteiger partial charge in [-0.15, -0.1) is 0 Å². The van der Waals surface area contributed by atoms with Crippen LogP contribution in [0.15, 0.2) is 430 Å². The van der Waals surface area contributed by atoms with Crippen LogP contribution in [0.5, 0.6) is 0 Å². The van der Waals surface area contributed by atoms with Crippen LogP contribution in [0.4, 0.5) is 0 Å². The molecule has 2 aromatic heterocycles. The Kier molecular flexibility index (Phi) is 43.3. The number of benzene rings is 14. The third-order valence-electron chi connectivity index (χ3n) is 19.7. The van der Waals surface area contributed by atoms with E-state index in [1.54, 1.807) is 29.1 Å². The summed E-state index contributed by atoms with van der Waals surface area (Å²) in [5.74, 6) is 0.789. The summed E-state index contributed by atoms with van der Waals surface area (Å²) in [7, 11) is -5.24. The van der Waals surface area contributed by atoms with E-state index in [0.29, 0.717) is 35.0 Å². The van der Waals surface area contributed by atoms with Crippen molar-refractivity contribution in [3.63, 3.8) is 0 Å². The second-order valence-electron chi connectivity index (χ2n) is 31.6. The van der Waals surface area contributed by atoms with Gasteiger partial charge in [0.05, 0.1) is 0 Å². The zero-order chi connectivity index (χ0) is 89.0. The number of hydrogen-bond acceptors (Lipinski definition) is 8. The summed E-state index contributed by atoms with van der Waals surface area (Å²) in [6.07, 6.45) is 5.43. The standard InChI is InChI=1S/C18H25N3OSi.4C18H15P.C10H16BrN3OSi.C8H11BO2.Pd/c1-5-15-6-8-16(9-7-15)18-20-17(12-19)13-21(18)14-22-10-11-23(2,3)4;4*1-4-10-16(11-5-1)19(17-12-6-2-7-13-17)18-14-8-3-9-15-18;1-16(2,3)5-4-15-8-14-7-9(6-12)13-10(14)11;1-2-7-3-5-8(6-4-7)9(10)11;/h6-9,13H,5,10-11,14H2,1-4H3;4*1-15H;7H,4-5,8H2,1-3H3;3-6,10-11H,2H2,1H3;. The maximum atomic E-state index is 9.12. The van der Waals surface area contributed by atoms with Crippen molar-refractivity contribution < 1.29 is 39.9 Å². The van der Waals surface area contributed by atoms with Gasteiger partial charge in [-0.2, -0.15) is 10.5 Å². The predicted octanol–water partition coefficient (Wildman–Crippen LogP) is 20.8. The fourth-order valence-electron chi connectivity index (χ4n) is 12.9. The first-order chi connectivity index (χ1) is 61.4. The first-order valence-corrected chi connectivity index (χ1v) is 56.1. The molecule has 0 amide bonds. The molecule has 0 bridgehead atoms. The minimum absolute atomic E-state index is 0. The number of aromatic nitrogens is 4. The summed E-state index contributed by atoms with van der Waals surface area (Å²) in [6, 6.07) is 151. The molecule has 16 aromatic rings. The number of rotatable bonds is 26. The molecule has 14 aromatic carbocycles. The quantitative estimate of drug-likeness (QED) is 0.0310. The van der Waals surface area contributed by atoms with E-state index in [2.05, 4.69) is 473 Å². The molecule has 0 radical (unpaired) electrons. The summed E-state index contributed by atoms with van der Waals surface area (Å²) < 4.78 is 15.7. The molecule has 0 aliphatic rings. The van der Waals surface area contributed by atoms with Crippen molar-refractivity contribution in [2.75, 3.05) is 13.2 Å². The Hall–Kier alpha value is -10.3. The molecule has 10 nitrogen and oxygen atoms in total. The monoisotopic (exact) mass is 1930 g/mol. The molecule has 646 valence electrons. The molecule has 2 heterocycles. The molecule has 0 saturated carbocycles. The van der Waals surface area contributed by atoms with E-state index in [4.69, 9.17) is 30.0 Å². The SMILES string of the molecule is CCc1ccc(-c2nc(C#N)cn2COCC[Si](C)(C)C)cc1.CCc1ccc(B(O)O)cc1.C[Si](C)(C)CCOCn1cc(C#N)nc1Br.[Pd].c1ccc(P(c2ccccc2)c2ccccc2)cc1.c1ccc(P(c2ccccc2)c2ccccc2)cc1.c1ccc(P(c2ccccc2)c2ccccc2)cc1.c1ccc(P(c2ccccc2)c2ccccc2)cc1. The van der Waals surface area contributed by atoms with Crippen molar-refractivity contribution in [3.05, 3.63) is 452 Å². The van der Waals surface area contributed by atoms with Gasteiger partial charge in [-0.1, -0.05) is 466 Å². The molecular weight excluding hydrogens is 1820 g/mol. The predicted molar refractivity (Wildman–Crippen MR) is 551 cm³/mol. The van der Waals surface area contributed by atoms with Gasteiger partial charge in [0.1, 0.15) is 31.4 Å². The van der Waals surface area contributed by atoms with Crippen molar-refractivity contribution in [1.29, 1.82) is 10.5 Å². The second kappa shape index (κ2) is 54.8. The van der Waals surface area contributed by atoms with Gasteiger partial charge >= 0.3 is 7.12 Å². The summed E-state index contributed by atoms with van der Waals surface area (Å²) in [4.78, 5) is 8.42. The van der Waals surface area contributed by atoms with E-state index < -0.39 is 55.0 Å². The van der Waals surface area contributed by atoms with Gasteiger partial charge in [-0.05, 0) is 153 Å². The normalized spacial score (nSPS) is 10.7. The number of hydrogen-bond donors (Lipinski definition) is 2. The van der Waals surface area contributed by atoms with E-state index in [1.807, 2.05) is 22.8 Å². The molecule has 19 heteroatoms. The fraction of sp³-hybridized carbons (Fsp3) is 0.148. The molecule has 0 atom stereocenters. The Morgan fingerprint density at radius 1 is 0.323 bits per heavy atom. The Balaban J connectivity index is 0.000000168. The maximum absolute atomic E-state index is 9.12. The van der Waals surface area contributed by atoms with Crippen molar-refractivity contribution in [1.82, 2.24) is 19.1 Å². The van der Waals surface area contributed by atoms with Crippen LogP contribution < -0.4 is 69.1 Å². The molecule has 0 fully saturated rings. The van der Waals surface area contributed by atoms with Crippen molar-refractivity contribution >= 4 is 140 Å². The van der Waals surface area contributed by atoms with Crippen LogP contribution in [0.2, 0.25) is 51.4 Å². The Morgan fingerprint density at radius 3 is 0.740 bits per heavy atom. The van der Waals surface area contributed by atoms with Gasteiger partial charge in [-0.3, -0.25) is 0 Å². The molecule has 0 spiro atoms. The van der Waals surface area contributed by atoms with Crippen LogP contribution >= 0.6 is 47.6 Å². The van der Waals surface area contributed by atoms with Crippen molar-refractivity contribution in [2.24, 2.45) is 0 Å². The van der Waals surface area contributed by atoms with E-state index in [-0.39, 0.29) is 20.4 Å². The molecule has 0 unspecified atom stereocenters. The zero-order valence-electron chi connectivity index (χ0n) is 73.5. The Morgan fingerprint density at radius 2 is 0.535 bits per heavy atom. The van der Waals surface area contributed by atoms with Gasteiger partial charge in [0, 0.05) is 67.7 Å². The number of aryl methyl sites for hydroxylation is 2. The number of imidazole rings is 2. The van der Waals surface area contributed by atoms with Gasteiger partial charge in [0.2, 0.25) is 0 Å². The van der Waals surface area contributed by atoms with Crippen molar-refractivity contribution in [2.45, 2.75) is 91.5 Å². The van der Waals surface area contributed by atoms with Gasteiger partial charge in [0.25, 0.3) is 0 Å². The van der Waals surface area contributed by atoms with Crippen LogP contribution in [0.3, 0.4) is 0 Å². The van der Waals surface area contributed by atoms with Crippen LogP contribution in [-0.4, -0.2) is 65.6 Å². The van der Waals surface area contributed by atoms with Gasteiger partial charge in [0.15, 0.2) is 16.1 Å². The number of halogens is 1. The van der Waals surface area contributed by atoms with E-state index in [1.165, 1.54) is 74.8 Å². The maximum Gasteiger partial charge on any atom is 0.488 e. The average Bonchev–Trinajstić information content (AvgIpc) is 1.83. The molecule has 0 saturated heterocycles. The second-order valence-corrected chi connectivity index (χ2v) is 52.4. The van der Waals surface area contributed by atoms with E-state index in [0.717, 1.165) is 49.5 Å². The third kappa shape index (κ3) is 34.0. The van der Waals surface area contributed by atoms with E-state index >= 15 is 0 Å². The molecule has 127 heavy (non-hydrogen) atoms. The smallest absolute Gasteiger partial charge is 0.423 e. The van der Waals surface area contributed by atoms with Crippen LogP contribution in [0.25, 0.3) is 11.4 Å². The zero-order valence-corrected chi connectivity index (χ0v) is 82.2. The summed E-state index contributed by atoms with van der Waals surface area (Å²) in [5.41, 5.74) is 4.88. The van der Waals surface area contributed by atoms with Gasteiger partial charge in [-0.25, -0.2) is 9.97 Å². The molecule has 16 rings (SSSR count). The van der Waals surface area contributed by atoms with Crippen LogP contribution in [0.1, 0.15) is 36.4 Å². The summed E-state index contributed by atoms with van der Waals surface area (Å²) in [6.45, 7) is 20.6. The number of nitriles is 2. The Bertz CT molecular complexity index is 4940. The summed E-state index contributed by atoms with van der Waals surface area (Å²) in [5, 5.41) is 52.1. The topological polar surface area (TPSA) is 142 Å². The van der Waals surface area contributed by atoms with Crippen molar-refractivity contribution in [3.8, 4) is 23.5 Å². The van der Waals surface area contributed by atoms with E-state index in [9.17, 15) is 0 Å². The molecule has 2 N–H and O–H groups in total.